The van der Waals surface area contributed by atoms with E-state index in [1.165, 1.54) is 7.11 Å². The average molecular weight is 286 g/mol. The van der Waals surface area contributed by atoms with Crippen LogP contribution >= 0.6 is 0 Å². The van der Waals surface area contributed by atoms with E-state index in [4.69, 9.17) is 4.74 Å². The summed E-state index contributed by atoms with van der Waals surface area (Å²) in [5.74, 6) is -0.0410. The van der Waals surface area contributed by atoms with Crippen molar-refractivity contribution in [2.45, 2.75) is 26.2 Å². The number of hydrogen-bond acceptors (Lipinski definition) is 5. The van der Waals surface area contributed by atoms with E-state index in [1.54, 1.807) is 0 Å². The average Bonchev–Trinajstić information content (AvgIpc) is 2.48. The predicted octanol–water partition coefficient (Wildman–Crippen LogP) is 0.510. The molecule has 1 saturated heterocycles. The van der Waals surface area contributed by atoms with Gasteiger partial charge in [0.2, 0.25) is 5.91 Å². The number of morpholine rings is 1. The van der Waals surface area contributed by atoms with E-state index in [2.05, 4.69) is 11.7 Å². The van der Waals surface area contributed by atoms with Crippen LogP contribution in [0.4, 0.5) is 0 Å². The third kappa shape index (κ3) is 6.34. The minimum absolute atomic E-state index is 0.183. The molecule has 0 spiro atoms. The van der Waals surface area contributed by atoms with E-state index < -0.39 is 0 Å². The van der Waals surface area contributed by atoms with Crippen molar-refractivity contribution in [1.82, 2.24) is 9.80 Å². The number of hydrogen-bond donors (Lipinski definition) is 0. The molecule has 0 unspecified atom stereocenters. The molecule has 0 saturated carbocycles. The number of rotatable bonds is 8. The van der Waals surface area contributed by atoms with Crippen LogP contribution in [0.25, 0.3) is 0 Å². The molecule has 1 heterocycles. The first-order chi connectivity index (χ1) is 9.67. The predicted molar refractivity (Wildman–Crippen MR) is 75.4 cm³/mol. The van der Waals surface area contributed by atoms with Gasteiger partial charge in [-0.05, 0) is 25.9 Å². The largest absolute Gasteiger partial charge is 0.468 e. The first-order valence-electron chi connectivity index (χ1n) is 7.32. The lowest BCUT2D eigenvalue weighted by atomic mass is 10.2. The van der Waals surface area contributed by atoms with Crippen LogP contribution in [0.1, 0.15) is 26.2 Å². The zero-order valence-electron chi connectivity index (χ0n) is 12.6. The van der Waals surface area contributed by atoms with Gasteiger partial charge in [-0.2, -0.15) is 0 Å². The second-order valence-corrected chi connectivity index (χ2v) is 4.95. The third-order valence-electron chi connectivity index (χ3n) is 3.35. The van der Waals surface area contributed by atoms with Crippen LogP contribution in [-0.2, 0) is 19.1 Å². The fourth-order valence-electron chi connectivity index (χ4n) is 2.26. The third-order valence-corrected chi connectivity index (χ3v) is 3.35. The molecule has 0 N–H and O–H groups in total. The SMILES string of the molecule is CCCN(CCCC(=O)N1CCOCC1)CC(=O)OC. The number of carbonyl (C=O) groups is 2. The smallest absolute Gasteiger partial charge is 0.319 e. The number of carbonyl (C=O) groups excluding carboxylic acids is 2. The van der Waals surface area contributed by atoms with Gasteiger partial charge in [0.05, 0.1) is 26.9 Å². The van der Waals surface area contributed by atoms with E-state index >= 15 is 0 Å². The van der Waals surface area contributed by atoms with Gasteiger partial charge in [-0.3, -0.25) is 14.5 Å². The topological polar surface area (TPSA) is 59.1 Å². The van der Waals surface area contributed by atoms with Crippen molar-refractivity contribution in [2.75, 3.05) is 53.0 Å². The molecule has 1 aliphatic heterocycles. The van der Waals surface area contributed by atoms with Gasteiger partial charge in [0.1, 0.15) is 0 Å². The summed E-state index contributed by atoms with van der Waals surface area (Å²) in [6, 6.07) is 0. The molecular weight excluding hydrogens is 260 g/mol. The lowest BCUT2D eigenvalue weighted by molar-refractivity contribution is -0.141. The van der Waals surface area contributed by atoms with Crippen LogP contribution in [0, 0.1) is 0 Å². The minimum atomic E-state index is -0.224. The lowest BCUT2D eigenvalue weighted by Crippen LogP contribution is -2.41. The summed E-state index contributed by atoms with van der Waals surface area (Å²) in [7, 11) is 1.40. The Morgan fingerprint density at radius 1 is 1.25 bits per heavy atom. The van der Waals surface area contributed by atoms with E-state index in [0.717, 1.165) is 25.9 Å². The van der Waals surface area contributed by atoms with Gasteiger partial charge in [0.15, 0.2) is 0 Å². The molecule has 0 atom stereocenters. The Hall–Kier alpha value is -1.14. The fourth-order valence-corrected chi connectivity index (χ4v) is 2.26. The summed E-state index contributed by atoms with van der Waals surface area (Å²) < 4.78 is 9.91. The number of esters is 1. The molecule has 6 nitrogen and oxygen atoms in total. The second kappa shape index (κ2) is 9.72. The summed E-state index contributed by atoms with van der Waals surface area (Å²) in [5.41, 5.74) is 0. The van der Waals surface area contributed by atoms with Gasteiger partial charge in [-0.25, -0.2) is 0 Å². The van der Waals surface area contributed by atoms with Gasteiger partial charge in [0.25, 0.3) is 0 Å². The van der Waals surface area contributed by atoms with Crippen molar-refractivity contribution in [3.63, 3.8) is 0 Å². The van der Waals surface area contributed by atoms with Gasteiger partial charge >= 0.3 is 5.97 Å². The van der Waals surface area contributed by atoms with Crippen molar-refractivity contribution < 1.29 is 19.1 Å². The molecule has 1 fully saturated rings. The number of ether oxygens (including phenoxy) is 2. The first kappa shape index (κ1) is 16.9. The van der Waals surface area contributed by atoms with Gasteiger partial charge < -0.3 is 14.4 Å². The fraction of sp³-hybridized carbons (Fsp3) is 0.857. The molecule has 0 aromatic carbocycles. The van der Waals surface area contributed by atoms with E-state index in [9.17, 15) is 9.59 Å². The Balaban J connectivity index is 2.24. The zero-order chi connectivity index (χ0) is 14.8. The van der Waals surface area contributed by atoms with Crippen LogP contribution in [0.15, 0.2) is 0 Å². The molecule has 1 amide bonds. The van der Waals surface area contributed by atoms with Crippen molar-refractivity contribution in [3.8, 4) is 0 Å². The van der Waals surface area contributed by atoms with E-state index in [1.807, 2.05) is 9.80 Å². The van der Waals surface area contributed by atoms with Crippen molar-refractivity contribution in [1.29, 1.82) is 0 Å². The second-order valence-electron chi connectivity index (χ2n) is 4.95. The summed E-state index contributed by atoms with van der Waals surface area (Å²) in [5, 5.41) is 0. The summed E-state index contributed by atoms with van der Waals surface area (Å²) in [6.45, 7) is 6.63. The van der Waals surface area contributed by atoms with Gasteiger partial charge in [0, 0.05) is 19.5 Å². The Kier molecular flexibility index (Phi) is 8.22. The molecule has 6 heteroatoms. The lowest BCUT2D eigenvalue weighted by Gasteiger charge is -2.27. The zero-order valence-corrected chi connectivity index (χ0v) is 12.6. The molecule has 0 aromatic heterocycles. The quantitative estimate of drug-likeness (QED) is 0.609. The Labute approximate surface area is 121 Å². The standard InChI is InChI=1S/C14H26N2O4/c1-3-6-15(12-14(18)19-2)7-4-5-13(17)16-8-10-20-11-9-16/h3-12H2,1-2H3. The van der Waals surface area contributed by atoms with E-state index in [-0.39, 0.29) is 11.9 Å². The van der Waals surface area contributed by atoms with Crippen LogP contribution in [0.5, 0.6) is 0 Å². The highest BCUT2D eigenvalue weighted by atomic mass is 16.5. The van der Waals surface area contributed by atoms with Crippen LogP contribution in [-0.4, -0.2) is 74.7 Å². The number of nitrogens with zero attached hydrogens (tertiary/aromatic N) is 2. The maximum Gasteiger partial charge on any atom is 0.319 e. The van der Waals surface area contributed by atoms with E-state index in [0.29, 0.717) is 39.3 Å². The Morgan fingerprint density at radius 2 is 1.95 bits per heavy atom. The molecular formula is C14H26N2O4. The molecule has 20 heavy (non-hydrogen) atoms. The molecule has 116 valence electrons. The summed E-state index contributed by atoms with van der Waals surface area (Å²) >= 11 is 0. The van der Waals surface area contributed by atoms with Gasteiger partial charge in [-0.15, -0.1) is 0 Å². The maximum atomic E-state index is 12.0. The Morgan fingerprint density at radius 3 is 2.55 bits per heavy atom. The minimum Gasteiger partial charge on any atom is -0.468 e. The molecule has 0 radical (unpaired) electrons. The number of amides is 1. The van der Waals surface area contributed by atoms with Gasteiger partial charge in [-0.1, -0.05) is 6.92 Å². The van der Waals surface area contributed by atoms with Crippen LogP contribution in [0.2, 0.25) is 0 Å². The van der Waals surface area contributed by atoms with Crippen molar-refractivity contribution in [2.24, 2.45) is 0 Å². The highest BCUT2D eigenvalue weighted by molar-refractivity contribution is 5.76. The molecule has 0 aliphatic carbocycles. The number of methoxy groups -OCH3 is 1. The van der Waals surface area contributed by atoms with Crippen LogP contribution in [0.3, 0.4) is 0 Å². The molecule has 1 rings (SSSR count). The normalized spacial score (nSPS) is 15.4. The monoisotopic (exact) mass is 286 g/mol. The Bertz CT molecular complexity index is 304. The summed E-state index contributed by atoms with van der Waals surface area (Å²) in [6.07, 6.45) is 2.28. The summed E-state index contributed by atoms with van der Waals surface area (Å²) in [4.78, 5) is 27.2. The molecule has 0 aromatic rings. The molecule has 0 bridgehead atoms. The highest BCUT2D eigenvalue weighted by Crippen LogP contribution is 2.04. The first-order valence-corrected chi connectivity index (χ1v) is 7.32. The van der Waals surface area contributed by atoms with Crippen LogP contribution < -0.4 is 0 Å². The van der Waals surface area contributed by atoms with Crippen molar-refractivity contribution >= 4 is 11.9 Å². The molecule has 1 aliphatic rings. The van der Waals surface area contributed by atoms with Crippen molar-refractivity contribution in [3.05, 3.63) is 0 Å². The maximum absolute atomic E-state index is 12.0. The highest BCUT2D eigenvalue weighted by Gasteiger charge is 2.17.